The van der Waals surface area contributed by atoms with Crippen molar-refractivity contribution in [2.45, 2.75) is 33.6 Å². The number of rotatable bonds is 2. The van der Waals surface area contributed by atoms with E-state index in [1.54, 1.807) is 12.4 Å². The largest absolute Gasteiger partial charge is 0.257 e. The van der Waals surface area contributed by atoms with Gasteiger partial charge in [0.25, 0.3) is 0 Å². The summed E-state index contributed by atoms with van der Waals surface area (Å²) in [4.78, 5) is 13.3. The molecule has 0 aromatic carbocycles. The van der Waals surface area contributed by atoms with Crippen LogP contribution in [0.15, 0.2) is 24.5 Å². The molecular weight excluding hydrogens is 210 g/mol. The summed E-state index contributed by atoms with van der Waals surface area (Å²) in [5.74, 6) is 1.12. The second-order valence-electron chi connectivity index (χ2n) is 4.55. The van der Waals surface area contributed by atoms with Gasteiger partial charge in [0.05, 0.1) is 5.69 Å². The van der Waals surface area contributed by atoms with Crippen molar-refractivity contribution in [1.29, 1.82) is 0 Å². The maximum Gasteiger partial charge on any atom is 0.160 e. The molecule has 0 aliphatic carbocycles. The molecule has 0 amide bonds. The van der Waals surface area contributed by atoms with E-state index in [1.165, 1.54) is 5.56 Å². The van der Waals surface area contributed by atoms with Gasteiger partial charge in [-0.05, 0) is 37.5 Å². The molecule has 2 aromatic rings. The number of pyridine rings is 1. The highest BCUT2D eigenvalue weighted by Gasteiger charge is 2.13. The van der Waals surface area contributed by atoms with Crippen LogP contribution < -0.4 is 0 Å². The van der Waals surface area contributed by atoms with E-state index < -0.39 is 0 Å². The smallest absolute Gasteiger partial charge is 0.160 e. The van der Waals surface area contributed by atoms with Gasteiger partial charge < -0.3 is 0 Å². The predicted octanol–water partition coefficient (Wildman–Crippen LogP) is 3.28. The molecule has 0 atom stereocenters. The first-order valence-corrected chi connectivity index (χ1v) is 5.85. The molecule has 0 radical (unpaired) electrons. The molecule has 0 unspecified atom stereocenters. The van der Waals surface area contributed by atoms with Gasteiger partial charge in [0, 0.05) is 23.7 Å². The van der Waals surface area contributed by atoms with Gasteiger partial charge in [-0.2, -0.15) is 0 Å². The van der Waals surface area contributed by atoms with Crippen LogP contribution in [0.4, 0.5) is 0 Å². The summed E-state index contributed by atoms with van der Waals surface area (Å²) in [7, 11) is 0. The van der Waals surface area contributed by atoms with E-state index in [1.807, 2.05) is 13.0 Å². The van der Waals surface area contributed by atoms with Crippen molar-refractivity contribution in [3.8, 4) is 11.4 Å². The molecule has 0 saturated carbocycles. The van der Waals surface area contributed by atoms with E-state index in [2.05, 4.69) is 41.8 Å². The van der Waals surface area contributed by atoms with Gasteiger partial charge in [0.2, 0.25) is 0 Å². The van der Waals surface area contributed by atoms with Crippen LogP contribution in [-0.2, 0) is 0 Å². The minimum Gasteiger partial charge on any atom is -0.257 e. The Morgan fingerprint density at radius 1 is 1.06 bits per heavy atom. The van der Waals surface area contributed by atoms with Crippen LogP contribution >= 0.6 is 0 Å². The zero-order chi connectivity index (χ0) is 12.4. The van der Waals surface area contributed by atoms with E-state index in [4.69, 9.17) is 0 Å². The fraction of sp³-hybridized carbons (Fsp3) is 0.357. The Morgan fingerprint density at radius 2 is 1.71 bits per heavy atom. The molecule has 0 bridgehead atoms. The topological polar surface area (TPSA) is 38.7 Å². The van der Waals surface area contributed by atoms with Crippen molar-refractivity contribution in [2.24, 2.45) is 0 Å². The van der Waals surface area contributed by atoms with Crippen molar-refractivity contribution in [3.05, 3.63) is 41.5 Å². The van der Waals surface area contributed by atoms with Crippen LogP contribution in [0, 0.1) is 13.8 Å². The number of nitrogens with zero attached hydrogens (tertiary/aromatic N) is 3. The summed E-state index contributed by atoms with van der Waals surface area (Å²) >= 11 is 0. The molecule has 0 aliphatic heterocycles. The summed E-state index contributed by atoms with van der Waals surface area (Å²) < 4.78 is 0. The first kappa shape index (κ1) is 11.7. The second kappa shape index (κ2) is 4.62. The van der Waals surface area contributed by atoms with E-state index in [0.29, 0.717) is 5.92 Å². The first-order chi connectivity index (χ1) is 8.09. The number of aryl methyl sites for hydroxylation is 2. The highest BCUT2D eigenvalue weighted by molar-refractivity contribution is 5.60. The molecule has 0 fully saturated rings. The Labute approximate surface area is 102 Å². The molecule has 0 saturated heterocycles. The average Bonchev–Trinajstić information content (AvgIpc) is 2.33. The van der Waals surface area contributed by atoms with Gasteiger partial charge in [0.1, 0.15) is 0 Å². The Morgan fingerprint density at radius 3 is 2.29 bits per heavy atom. The molecule has 3 heteroatoms. The molecule has 88 valence electrons. The van der Waals surface area contributed by atoms with Crippen LogP contribution in [0.5, 0.6) is 0 Å². The highest BCUT2D eigenvalue weighted by Crippen LogP contribution is 2.26. The molecule has 2 heterocycles. The molecule has 3 nitrogen and oxygen atoms in total. The van der Waals surface area contributed by atoms with Gasteiger partial charge in [0.15, 0.2) is 5.82 Å². The van der Waals surface area contributed by atoms with Crippen LogP contribution in [0.1, 0.15) is 36.7 Å². The standard InChI is InChI=1S/C14H17N3/c1-9(2)13-12(8-10(3)11(4)17-13)14-15-6-5-7-16-14/h5-9H,1-4H3. The summed E-state index contributed by atoms with van der Waals surface area (Å²) in [6, 6.07) is 3.96. The third-order valence-electron chi connectivity index (χ3n) is 2.85. The second-order valence-corrected chi connectivity index (χ2v) is 4.55. The van der Waals surface area contributed by atoms with Crippen LogP contribution in [0.25, 0.3) is 11.4 Å². The Kier molecular flexibility index (Phi) is 3.18. The van der Waals surface area contributed by atoms with Gasteiger partial charge in [-0.1, -0.05) is 13.8 Å². The lowest BCUT2D eigenvalue weighted by atomic mass is 10.0. The minimum atomic E-state index is 0.369. The van der Waals surface area contributed by atoms with Crippen molar-refractivity contribution in [2.75, 3.05) is 0 Å². The van der Waals surface area contributed by atoms with Crippen molar-refractivity contribution >= 4 is 0 Å². The SMILES string of the molecule is Cc1cc(-c2ncccn2)c(C(C)C)nc1C. The maximum atomic E-state index is 4.67. The van der Waals surface area contributed by atoms with Crippen molar-refractivity contribution in [1.82, 2.24) is 15.0 Å². The zero-order valence-electron chi connectivity index (χ0n) is 10.7. The van der Waals surface area contributed by atoms with Crippen LogP contribution in [-0.4, -0.2) is 15.0 Å². The fourth-order valence-corrected chi connectivity index (χ4v) is 1.78. The average molecular weight is 227 g/mol. The molecule has 0 aliphatic rings. The third kappa shape index (κ3) is 2.33. The van der Waals surface area contributed by atoms with Crippen molar-refractivity contribution < 1.29 is 0 Å². The molecular formula is C14H17N3. The number of aromatic nitrogens is 3. The molecule has 0 N–H and O–H groups in total. The lowest BCUT2D eigenvalue weighted by molar-refractivity contribution is 0.813. The van der Waals surface area contributed by atoms with Gasteiger partial charge in [-0.15, -0.1) is 0 Å². The molecule has 0 spiro atoms. The van der Waals surface area contributed by atoms with Gasteiger partial charge in [-0.3, -0.25) is 4.98 Å². The van der Waals surface area contributed by atoms with E-state index in [0.717, 1.165) is 22.8 Å². The van der Waals surface area contributed by atoms with E-state index >= 15 is 0 Å². The molecule has 17 heavy (non-hydrogen) atoms. The minimum absolute atomic E-state index is 0.369. The predicted molar refractivity (Wildman–Crippen MR) is 68.8 cm³/mol. The van der Waals surface area contributed by atoms with E-state index in [-0.39, 0.29) is 0 Å². The van der Waals surface area contributed by atoms with Crippen LogP contribution in [0.3, 0.4) is 0 Å². The quantitative estimate of drug-likeness (QED) is 0.790. The maximum absolute atomic E-state index is 4.67. The first-order valence-electron chi connectivity index (χ1n) is 5.85. The van der Waals surface area contributed by atoms with Gasteiger partial charge >= 0.3 is 0 Å². The van der Waals surface area contributed by atoms with Crippen molar-refractivity contribution in [3.63, 3.8) is 0 Å². The Balaban J connectivity index is 2.64. The summed E-state index contributed by atoms with van der Waals surface area (Å²) in [5, 5.41) is 0. The number of hydrogen-bond donors (Lipinski definition) is 0. The third-order valence-corrected chi connectivity index (χ3v) is 2.85. The number of hydrogen-bond acceptors (Lipinski definition) is 3. The van der Waals surface area contributed by atoms with E-state index in [9.17, 15) is 0 Å². The highest BCUT2D eigenvalue weighted by atomic mass is 14.9. The Hall–Kier alpha value is -1.77. The zero-order valence-corrected chi connectivity index (χ0v) is 10.7. The Bertz CT molecular complexity index is 518. The molecule has 2 aromatic heterocycles. The van der Waals surface area contributed by atoms with Gasteiger partial charge in [-0.25, -0.2) is 9.97 Å². The normalized spacial score (nSPS) is 10.9. The summed E-state index contributed by atoms with van der Waals surface area (Å²) in [6.07, 6.45) is 3.53. The molecule has 2 rings (SSSR count). The lowest BCUT2D eigenvalue weighted by Crippen LogP contribution is -2.02. The monoisotopic (exact) mass is 227 g/mol. The lowest BCUT2D eigenvalue weighted by Gasteiger charge is -2.13. The summed E-state index contributed by atoms with van der Waals surface area (Å²) in [6.45, 7) is 8.39. The summed E-state index contributed by atoms with van der Waals surface area (Å²) in [5.41, 5.74) is 4.37. The fourth-order valence-electron chi connectivity index (χ4n) is 1.78. The van der Waals surface area contributed by atoms with Crippen LogP contribution in [0.2, 0.25) is 0 Å².